The van der Waals surface area contributed by atoms with Crippen LogP contribution in [0.1, 0.15) is 22.3 Å². The fourth-order valence-electron chi connectivity index (χ4n) is 10.5. The Labute approximate surface area is 334 Å². The zero-order valence-electron chi connectivity index (χ0n) is 31.3. The molecular formula is C55H33NO2. The predicted molar refractivity (Wildman–Crippen MR) is 237 cm³/mol. The summed E-state index contributed by atoms with van der Waals surface area (Å²) in [5, 5.41) is 4.26. The van der Waals surface area contributed by atoms with Crippen molar-refractivity contribution in [1.29, 1.82) is 0 Å². The highest BCUT2D eigenvalue weighted by Gasteiger charge is 2.52. The maximum absolute atomic E-state index is 6.59. The van der Waals surface area contributed by atoms with E-state index in [1.54, 1.807) is 0 Å². The van der Waals surface area contributed by atoms with Crippen molar-refractivity contribution >= 4 is 60.9 Å². The predicted octanol–water partition coefficient (Wildman–Crippen LogP) is 15.0. The Bertz CT molecular complexity index is 3430. The summed E-state index contributed by atoms with van der Waals surface area (Å²) in [6.45, 7) is 0. The van der Waals surface area contributed by atoms with Crippen LogP contribution in [-0.2, 0) is 5.41 Å². The normalized spacial score (nSPS) is 13.3. The van der Waals surface area contributed by atoms with Gasteiger partial charge in [-0.05, 0) is 105 Å². The lowest BCUT2D eigenvalue weighted by atomic mass is 9.70. The number of benzene rings is 9. The molecule has 13 rings (SSSR count). The van der Waals surface area contributed by atoms with Crippen molar-refractivity contribution in [3.05, 3.63) is 222 Å². The van der Waals surface area contributed by atoms with Gasteiger partial charge in [-0.15, -0.1) is 0 Å². The van der Waals surface area contributed by atoms with E-state index in [9.17, 15) is 0 Å². The molecule has 0 aliphatic heterocycles. The first kappa shape index (κ1) is 31.6. The molecule has 0 N–H and O–H groups in total. The van der Waals surface area contributed by atoms with Gasteiger partial charge in [-0.1, -0.05) is 146 Å². The molecule has 3 heteroatoms. The number of anilines is 3. The molecule has 11 aromatic rings. The fourth-order valence-corrected chi connectivity index (χ4v) is 10.5. The van der Waals surface area contributed by atoms with Gasteiger partial charge in [0.05, 0.1) is 16.5 Å². The van der Waals surface area contributed by atoms with Crippen LogP contribution in [-0.4, -0.2) is 0 Å². The van der Waals surface area contributed by atoms with Crippen molar-refractivity contribution in [2.24, 2.45) is 0 Å². The van der Waals surface area contributed by atoms with E-state index in [-0.39, 0.29) is 0 Å². The van der Waals surface area contributed by atoms with E-state index >= 15 is 0 Å². The van der Waals surface area contributed by atoms with Crippen LogP contribution in [0.15, 0.2) is 209 Å². The number of hydrogen-bond donors (Lipinski definition) is 0. The summed E-state index contributed by atoms with van der Waals surface area (Å²) < 4.78 is 13.1. The lowest BCUT2D eigenvalue weighted by molar-refractivity contribution is 0.663. The number of para-hydroxylation sites is 2. The summed E-state index contributed by atoms with van der Waals surface area (Å²) in [6, 6.07) is 72.5. The third kappa shape index (κ3) is 4.07. The van der Waals surface area contributed by atoms with Gasteiger partial charge in [0.15, 0.2) is 0 Å². The molecule has 9 aromatic carbocycles. The van der Waals surface area contributed by atoms with Gasteiger partial charge in [0, 0.05) is 33.1 Å². The first-order valence-corrected chi connectivity index (χ1v) is 19.9. The quantitative estimate of drug-likeness (QED) is 0.180. The molecule has 0 saturated carbocycles. The Hall–Kier alpha value is -7.62. The van der Waals surface area contributed by atoms with Gasteiger partial charge >= 0.3 is 0 Å². The maximum atomic E-state index is 6.59. The van der Waals surface area contributed by atoms with Crippen LogP contribution in [0.25, 0.3) is 77.3 Å². The van der Waals surface area contributed by atoms with Crippen LogP contribution >= 0.6 is 0 Å². The van der Waals surface area contributed by atoms with E-state index < -0.39 is 5.41 Å². The highest BCUT2D eigenvalue weighted by molar-refractivity contribution is 6.25. The molecule has 2 aromatic heterocycles. The van der Waals surface area contributed by atoms with Gasteiger partial charge in [0.25, 0.3) is 0 Å². The molecule has 0 atom stereocenters. The number of furan rings is 2. The topological polar surface area (TPSA) is 29.5 Å². The van der Waals surface area contributed by atoms with Crippen molar-refractivity contribution < 1.29 is 8.83 Å². The highest BCUT2D eigenvalue weighted by atomic mass is 16.3. The van der Waals surface area contributed by atoms with Crippen molar-refractivity contribution in [3.8, 4) is 33.4 Å². The van der Waals surface area contributed by atoms with Crippen LogP contribution in [0.3, 0.4) is 0 Å². The monoisotopic (exact) mass is 739 g/mol. The summed E-state index contributed by atoms with van der Waals surface area (Å²) in [5.74, 6) is 0. The van der Waals surface area contributed by atoms with E-state index in [1.165, 1.54) is 44.5 Å². The van der Waals surface area contributed by atoms with Crippen LogP contribution in [0.5, 0.6) is 0 Å². The Balaban J connectivity index is 1.06. The third-order valence-corrected chi connectivity index (χ3v) is 12.7. The van der Waals surface area contributed by atoms with Crippen LogP contribution in [0.4, 0.5) is 17.1 Å². The highest BCUT2D eigenvalue weighted by Crippen LogP contribution is 2.64. The molecule has 0 radical (unpaired) electrons. The molecule has 58 heavy (non-hydrogen) atoms. The molecule has 0 saturated heterocycles. The summed E-state index contributed by atoms with van der Waals surface area (Å²) in [6.07, 6.45) is 0. The minimum atomic E-state index is -0.431. The first-order valence-electron chi connectivity index (χ1n) is 19.9. The van der Waals surface area contributed by atoms with Gasteiger partial charge in [-0.2, -0.15) is 0 Å². The Morgan fingerprint density at radius 1 is 0.362 bits per heavy atom. The maximum Gasteiger partial charge on any atom is 0.147 e. The van der Waals surface area contributed by atoms with Crippen LogP contribution in [0.2, 0.25) is 0 Å². The molecular weight excluding hydrogens is 707 g/mol. The fraction of sp³-hybridized carbons (Fsp3) is 0.0182. The van der Waals surface area contributed by atoms with Gasteiger partial charge < -0.3 is 13.7 Å². The molecule has 2 heterocycles. The molecule has 2 aliphatic rings. The average molecular weight is 740 g/mol. The number of hydrogen-bond acceptors (Lipinski definition) is 3. The van der Waals surface area contributed by atoms with E-state index in [1.807, 2.05) is 12.1 Å². The summed E-state index contributed by atoms with van der Waals surface area (Å²) >= 11 is 0. The SMILES string of the molecule is c1ccc(N(c2cccc(-c3cccc4oc5ccc6c7ccccc7oc6c5c34)c2)c2cccc3c2-c2ccccc2C32c3ccccc3-c3ccccc32)cc1. The van der Waals surface area contributed by atoms with Crippen molar-refractivity contribution in [1.82, 2.24) is 0 Å². The van der Waals surface area contributed by atoms with Gasteiger partial charge in [0.1, 0.15) is 22.3 Å². The summed E-state index contributed by atoms with van der Waals surface area (Å²) in [5.41, 5.74) is 18.9. The lowest BCUT2D eigenvalue weighted by Crippen LogP contribution is -2.26. The Kier molecular flexibility index (Phi) is 6.37. The lowest BCUT2D eigenvalue weighted by Gasteiger charge is -2.32. The number of nitrogens with zero attached hydrogens (tertiary/aromatic N) is 1. The molecule has 2 aliphatic carbocycles. The minimum Gasteiger partial charge on any atom is -0.456 e. The van der Waals surface area contributed by atoms with E-state index in [4.69, 9.17) is 8.83 Å². The molecule has 3 nitrogen and oxygen atoms in total. The zero-order valence-corrected chi connectivity index (χ0v) is 31.3. The third-order valence-electron chi connectivity index (χ3n) is 12.7. The summed E-state index contributed by atoms with van der Waals surface area (Å²) in [4.78, 5) is 2.44. The smallest absolute Gasteiger partial charge is 0.147 e. The second-order valence-corrected chi connectivity index (χ2v) is 15.5. The average Bonchev–Trinajstić information content (AvgIpc) is 4.02. The molecule has 0 fully saturated rings. The number of fused-ring (bicyclic) bond motifs is 17. The second kappa shape index (κ2) is 11.7. The van der Waals surface area contributed by atoms with E-state index in [2.05, 4.69) is 193 Å². The van der Waals surface area contributed by atoms with E-state index in [0.717, 1.165) is 72.1 Å². The van der Waals surface area contributed by atoms with Gasteiger partial charge in [-0.25, -0.2) is 0 Å². The number of rotatable bonds is 4. The molecule has 270 valence electrons. The van der Waals surface area contributed by atoms with Gasteiger partial charge in [-0.3, -0.25) is 0 Å². The summed E-state index contributed by atoms with van der Waals surface area (Å²) in [7, 11) is 0. The molecule has 1 spiro atoms. The van der Waals surface area contributed by atoms with Crippen molar-refractivity contribution in [2.75, 3.05) is 4.90 Å². The molecule has 0 bridgehead atoms. The van der Waals surface area contributed by atoms with Crippen LogP contribution in [0, 0.1) is 0 Å². The van der Waals surface area contributed by atoms with Crippen molar-refractivity contribution in [3.63, 3.8) is 0 Å². The Morgan fingerprint density at radius 2 is 0.948 bits per heavy atom. The van der Waals surface area contributed by atoms with Gasteiger partial charge in [0.2, 0.25) is 0 Å². The molecule has 0 unspecified atom stereocenters. The van der Waals surface area contributed by atoms with E-state index in [0.29, 0.717) is 0 Å². The van der Waals surface area contributed by atoms with Crippen LogP contribution < -0.4 is 4.90 Å². The molecule has 0 amide bonds. The Morgan fingerprint density at radius 3 is 1.76 bits per heavy atom. The first-order chi connectivity index (χ1) is 28.8. The van der Waals surface area contributed by atoms with Crippen molar-refractivity contribution in [2.45, 2.75) is 5.41 Å². The minimum absolute atomic E-state index is 0.431. The standard InChI is InChI=1S/C55H33NO2/c1-2-16-35(17-3-1)56(47-28-14-27-46-51(47)42-22-6-10-26-45(42)55(46)43-24-8-4-19-38(43)39-20-5-9-25-44(39)55)36-18-12-15-34(33-36)37-23-13-30-49-52(37)53-50(57-49)32-31-41-40-21-7-11-29-48(40)58-54(41)53/h1-33H. The second-order valence-electron chi connectivity index (χ2n) is 15.5. The largest absolute Gasteiger partial charge is 0.456 e. The zero-order chi connectivity index (χ0) is 38.0.